The van der Waals surface area contributed by atoms with Crippen molar-refractivity contribution in [2.45, 2.75) is 26.2 Å². The van der Waals surface area contributed by atoms with Crippen molar-refractivity contribution < 1.29 is 0 Å². The molecule has 1 atom stereocenters. The van der Waals surface area contributed by atoms with Crippen molar-refractivity contribution in [3.8, 4) is 0 Å². The number of hydrogen-bond donors (Lipinski definition) is 0. The second kappa shape index (κ2) is 6.28. The van der Waals surface area contributed by atoms with Crippen molar-refractivity contribution in [3.63, 3.8) is 0 Å². The van der Waals surface area contributed by atoms with Crippen molar-refractivity contribution in [3.05, 3.63) is 30.4 Å². The van der Waals surface area contributed by atoms with Gasteiger partial charge in [-0.15, -0.1) is 5.10 Å². The lowest BCUT2D eigenvalue weighted by molar-refractivity contribution is 0.211. The van der Waals surface area contributed by atoms with E-state index >= 15 is 0 Å². The zero-order valence-corrected chi connectivity index (χ0v) is 13.7. The van der Waals surface area contributed by atoms with E-state index in [9.17, 15) is 0 Å². The summed E-state index contributed by atoms with van der Waals surface area (Å²) < 4.78 is 1.92. The normalized spacial score (nSPS) is 22.8. The molecule has 0 aromatic carbocycles. The summed E-state index contributed by atoms with van der Waals surface area (Å²) in [5, 5.41) is 4.50. The van der Waals surface area contributed by atoms with E-state index in [0.29, 0.717) is 0 Å². The molecule has 0 spiro atoms. The van der Waals surface area contributed by atoms with E-state index in [1.807, 2.05) is 17.6 Å². The zero-order chi connectivity index (χ0) is 15.6. The molecule has 0 bridgehead atoms. The molecule has 6 nitrogen and oxygen atoms in total. The lowest BCUT2D eigenvalue weighted by atomic mass is 9.94. The van der Waals surface area contributed by atoms with Gasteiger partial charge in [0.15, 0.2) is 11.5 Å². The number of allylic oxidation sites excluding steroid dienone is 2. The number of anilines is 1. The summed E-state index contributed by atoms with van der Waals surface area (Å²) >= 11 is 0. The van der Waals surface area contributed by atoms with Gasteiger partial charge in [-0.2, -0.15) is 4.52 Å². The molecule has 0 N–H and O–H groups in total. The Morgan fingerprint density at radius 3 is 2.78 bits per heavy atom. The van der Waals surface area contributed by atoms with Crippen LogP contribution in [0.15, 0.2) is 24.5 Å². The Morgan fingerprint density at radius 1 is 1.13 bits per heavy atom. The maximum Gasteiger partial charge on any atom is 0.176 e. The van der Waals surface area contributed by atoms with Crippen molar-refractivity contribution in [1.82, 2.24) is 24.5 Å². The van der Waals surface area contributed by atoms with Crippen LogP contribution in [-0.2, 0) is 0 Å². The fourth-order valence-electron chi connectivity index (χ4n) is 3.67. The molecular weight excluding hydrogens is 288 g/mol. The molecule has 0 amide bonds. The van der Waals surface area contributed by atoms with Crippen LogP contribution in [0.2, 0.25) is 0 Å². The fourth-order valence-corrected chi connectivity index (χ4v) is 3.67. The molecule has 3 heterocycles. The molecule has 1 aliphatic carbocycles. The van der Waals surface area contributed by atoms with Crippen LogP contribution in [-0.4, -0.2) is 57.2 Å². The summed E-state index contributed by atoms with van der Waals surface area (Å²) in [7, 11) is 0. The number of piperazine rings is 1. The largest absolute Gasteiger partial charge is 0.353 e. The number of rotatable bonds is 3. The van der Waals surface area contributed by atoms with Crippen LogP contribution in [0.3, 0.4) is 0 Å². The maximum absolute atomic E-state index is 4.50. The van der Waals surface area contributed by atoms with Crippen LogP contribution in [0.25, 0.3) is 5.65 Å². The smallest absolute Gasteiger partial charge is 0.176 e. The highest BCUT2D eigenvalue weighted by Gasteiger charge is 2.22. The number of aryl methyl sites for hydroxylation is 1. The highest BCUT2D eigenvalue weighted by atomic mass is 15.4. The first-order valence-electron chi connectivity index (χ1n) is 8.59. The van der Waals surface area contributed by atoms with Crippen LogP contribution in [0, 0.1) is 12.8 Å². The van der Waals surface area contributed by atoms with E-state index in [0.717, 1.165) is 49.4 Å². The Hall–Kier alpha value is -1.95. The third-order valence-electron chi connectivity index (χ3n) is 4.93. The van der Waals surface area contributed by atoms with Crippen LogP contribution < -0.4 is 4.90 Å². The highest BCUT2D eigenvalue weighted by molar-refractivity contribution is 5.47. The Kier molecular flexibility index (Phi) is 3.99. The molecule has 6 heteroatoms. The second-order valence-electron chi connectivity index (χ2n) is 6.63. The average Bonchev–Trinajstić information content (AvgIpc) is 2.97. The maximum atomic E-state index is 4.50. The molecule has 1 fully saturated rings. The summed E-state index contributed by atoms with van der Waals surface area (Å²) in [4.78, 5) is 13.7. The highest BCUT2D eigenvalue weighted by Crippen LogP contribution is 2.21. The molecule has 0 saturated carbocycles. The van der Waals surface area contributed by atoms with Gasteiger partial charge in [-0.3, -0.25) is 9.88 Å². The second-order valence-corrected chi connectivity index (χ2v) is 6.63. The topological polar surface area (TPSA) is 49.6 Å². The lowest BCUT2D eigenvalue weighted by Gasteiger charge is -2.37. The van der Waals surface area contributed by atoms with Gasteiger partial charge in [-0.1, -0.05) is 12.2 Å². The minimum Gasteiger partial charge on any atom is -0.353 e. The molecule has 4 rings (SSSR count). The van der Waals surface area contributed by atoms with E-state index in [1.165, 1.54) is 25.8 Å². The first kappa shape index (κ1) is 14.6. The van der Waals surface area contributed by atoms with Crippen LogP contribution in [0.1, 0.15) is 25.1 Å². The van der Waals surface area contributed by atoms with Gasteiger partial charge >= 0.3 is 0 Å². The predicted molar refractivity (Wildman–Crippen MR) is 90.7 cm³/mol. The minimum atomic E-state index is 0.795. The molecule has 122 valence electrons. The molecule has 1 saturated heterocycles. The molecule has 2 aromatic heterocycles. The Morgan fingerprint density at radius 2 is 2.00 bits per heavy atom. The van der Waals surface area contributed by atoms with Gasteiger partial charge in [-0.25, -0.2) is 4.98 Å². The van der Waals surface area contributed by atoms with E-state index in [-0.39, 0.29) is 0 Å². The van der Waals surface area contributed by atoms with Gasteiger partial charge in [0.05, 0.1) is 12.4 Å². The van der Waals surface area contributed by atoms with Crippen LogP contribution in [0.4, 0.5) is 5.82 Å². The molecule has 2 aromatic rings. The molecule has 0 unspecified atom stereocenters. The van der Waals surface area contributed by atoms with Crippen LogP contribution >= 0.6 is 0 Å². The number of aromatic nitrogens is 4. The third kappa shape index (κ3) is 3.08. The van der Waals surface area contributed by atoms with E-state index in [4.69, 9.17) is 0 Å². The molecular formula is C17H24N6. The predicted octanol–water partition coefficient (Wildman–Crippen LogP) is 1.91. The number of fused-ring (bicyclic) bond motifs is 1. The Bertz CT molecular complexity index is 698. The Balaban J connectivity index is 1.41. The van der Waals surface area contributed by atoms with Gasteiger partial charge in [0.25, 0.3) is 0 Å². The van der Waals surface area contributed by atoms with Gasteiger partial charge in [0.2, 0.25) is 0 Å². The summed E-state index contributed by atoms with van der Waals surface area (Å²) in [6.07, 6.45) is 12.2. The van der Waals surface area contributed by atoms with E-state index < -0.39 is 0 Å². The zero-order valence-electron chi connectivity index (χ0n) is 13.7. The molecule has 2 aliphatic rings. The average molecular weight is 312 g/mol. The monoisotopic (exact) mass is 312 g/mol. The van der Waals surface area contributed by atoms with E-state index in [2.05, 4.69) is 37.0 Å². The van der Waals surface area contributed by atoms with Crippen molar-refractivity contribution in [2.75, 3.05) is 37.6 Å². The number of hydrogen-bond acceptors (Lipinski definition) is 5. The molecule has 23 heavy (non-hydrogen) atoms. The minimum absolute atomic E-state index is 0.795. The van der Waals surface area contributed by atoms with E-state index in [1.54, 1.807) is 6.20 Å². The SMILES string of the molecule is Cc1nc2cncc(N3CCN(C[C@@H]4CC=CCC4)CC3)n2n1. The van der Waals surface area contributed by atoms with Crippen molar-refractivity contribution in [2.24, 2.45) is 5.92 Å². The summed E-state index contributed by atoms with van der Waals surface area (Å²) in [5.41, 5.74) is 0.830. The number of nitrogens with zero attached hydrogens (tertiary/aromatic N) is 6. The molecule has 0 radical (unpaired) electrons. The molecule has 1 aliphatic heterocycles. The summed E-state index contributed by atoms with van der Waals surface area (Å²) in [6, 6.07) is 0. The van der Waals surface area contributed by atoms with Gasteiger partial charge in [0.1, 0.15) is 5.82 Å². The Labute approximate surface area is 136 Å². The van der Waals surface area contributed by atoms with Gasteiger partial charge in [0, 0.05) is 32.7 Å². The van der Waals surface area contributed by atoms with Gasteiger partial charge in [-0.05, 0) is 32.1 Å². The quantitative estimate of drug-likeness (QED) is 0.810. The first-order valence-corrected chi connectivity index (χ1v) is 8.59. The lowest BCUT2D eigenvalue weighted by Crippen LogP contribution is -2.48. The summed E-state index contributed by atoms with van der Waals surface area (Å²) in [6.45, 7) is 7.45. The van der Waals surface area contributed by atoms with Gasteiger partial charge < -0.3 is 4.90 Å². The standard InChI is InChI=1S/C17H24N6/c1-14-19-16-11-18-12-17(23(16)20-14)22-9-7-21(8-10-22)13-15-5-3-2-4-6-15/h2-3,11-12,15H,4-10,13H2,1H3/t15-/m1/s1. The fraction of sp³-hybridized carbons (Fsp3) is 0.588. The third-order valence-corrected chi connectivity index (χ3v) is 4.93. The summed E-state index contributed by atoms with van der Waals surface area (Å²) in [5.74, 6) is 2.70. The van der Waals surface area contributed by atoms with Crippen molar-refractivity contribution >= 4 is 11.5 Å². The van der Waals surface area contributed by atoms with Crippen molar-refractivity contribution in [1.29, 1.82) is 0 Å². The first-order chi connectivity index (χ1) is 11.3. The van der Waals surface area contributed by atoms with Crippen LogP contribution in [0.5, 0.6) is 0 Å².